The normalized spacial score (nSPS) is 9.56. The number of carboxylic acids is 1. The van der Waals surface area contributed by atoms with Gasteiger partial charge >= 0.3 is 5.97 Å². The van der Waals surface area contributed by atoms with Gasteiger partial charge in [-0.3, -0.25) is 14.9 Å². The van der Waals surface area contributed by atoms with Crippen molar-refractivity contribution in [2.45, 2.75) is 6.92 Å². The first-order chi connectivity index (χ1) is 8.47. The molecule has 1 aromatic carbocycles. The van der Waals surface area contributed by atoms with Crippen molar-refractivity contribution in [1.82, 2.24) is 0 Å². The lowest BCUT2D eigenvalue weighted by molar-refractivity contribution is -0.384. The summed E-state index contributed by atoms with van der Waals surface area (Å²) in [4.78, 5) is 22.5. The number of rotatable bonds is 5. The van der Waals surface area contributed by atoms with E-state index in [1.54, 1.807) is 19.1 Å². The Morgan fingerprint density at radius 3 is 2.78 bits per heavy atom. The van der Waals surface area contributed by atoms with E-state index in [0.29, 0.717) is 5.56 Å². The first-order valence-corrected chi connectivity index (χ1v) is 5.11. The second kappa shape index (κ2) is 5.68. The largest absolute Gasteiger partial charge is 0.480 e. The maximum absolute atomic E-state index is 10.9. The van der Waals surface area contributed by atoms with Crippen LogP contribution in [0.2, 0.25) is 0 Å². The molecular formula is C12H12N2O4. The monoisotopic (exact) mass is 248 g/mol. The zero-order valence-electron chi connectivity index (χ0n) is 9.79. The molecule has 0 unspecified atom stereocenters. The fourth-order valence-electron chi connectivity index (χ4n) is 1.69. The molecule has 0 aliphatic heterocycles. The van der Waals surface area contributed by atoms with Gasteiger partial charge in [0.25, 0.3) is 5.69 Å². The van der Waals surface area contributed by atoms with E-state index in [2.05, 4.69) is 5.92 Å². The number of nitro benzene ring substituents is 1. The van der Waals surface area contributed by atoms with Crippen molar-refractivity contribution in [3.8, 4) is 12.3 Å². The van der Waals surface area contributed by atoms with Crippen molar-refractivity contribution >= 4 is 17.3 Å². The number of aryl methyl sites for hydroxylation is 1. The Morgan fingerprint density at radius 1 is 1.61 bits per heavy atom. The number of nitrogens with zero attached hydrogens (tertiary/aromatic N) is 2. The van der Waals surface area contributed by atoms with Gasteiger partial charge in [0.05, 0.1) is 11.5 Å². The van der Waals surface area contributed by atoms with Crippen molar-refractivity contribution in [1.29, 1.82) is 0 Å². The van der Waals surface area contributed by atoms with E-state index >= 15 is 0 Å². The van der Waals surface area contributed by atoms with Gasteiger partial charge in [-0.1, -0.05) is 18.1 Å². The predicted molar refractivity (Wildman–Crippen MR) is 66.5 cm³/mol. The molecule has 94 valence electrons. The fourth-order valence-corrected chi connectivity index (χ4v) is 1.69. The lowest BCUT2D eigenvalue weighted by atomic mass is 10.1. The van der Waals surface area contributed by atoms with Gasteiger partial charge in [-0.15, -0.1) is 6.42 Å². The molecule has 18 heavy (non-hydrogen) atoms. The standard InChI is InChI=1S/C12H12N2O4/c1-3-7-13(8-11(15)16)12-9(2)5-4-6-10(12)14(17)18/h1,4-6H,7-8H2,2H3,(H,15,16). The van der Waals surface area contributed by atoms with E-state index in [-0.39, 0.29) is 24.5 Å². The fraction of sp³-hybridized carbons (Fsp3) is 0.250. The number of para-hydroxylation sites is 1. The Morgan fingerprint density at radius 2 is 2.28 bits per heavy atom. The van der Waals surface area contributed by atoms with Gasteiger partial charge in [0.1, 0.15) is 12.2 Å². The van der Waals surface area contributed by atoms with E-state index in [9.17, 15) is 14.9 Å². The number of carbonyl (C=O) groups is 1. The molecule has 0 bridgehead atoms. The van der Waals surface area contributed by atoms with E-state index < -0.39 is 10.9 Å². The number of hydrogen-bond acceptors (Lipinski definition) is 4. The van der Waals surface area contributed by atoms with Crippen molar-refractivity contribution in [2.24, 2.45) is 0 Å². The second-order valence-corrected chi connectivity index (χ2v) is 3.65. The maximum Gasteiger partial charge on any atom is 0.323 e. The number of anilines is 1. The first kappa shape index (κ1) is 13.5. The zero-order valence-corrected chi connectivity index (χ0v) is 9.79. The summed E-state index contributed by atoms with van der Waals surface area (Å²) in [6.07, 6.45) is 5.16. The number of nitro groups is 1. The summed E-state index contributed by atoms with van der Waals surface area (Å²) in [5.41, 5.74) is 0.718. The first-order valence-electron chi connectivity index (χ1n) is 5.11. The number of aliphatic carboxylic acids is 1. The van der Waals surface area contributed by atoms with Crippen LogP contribution < -0.4 is 4.90 Å². The third-order valence-corrected chi connectivity index (χ3v) is 2.34. The van der Waals surface area contributed by atoms with Gasteiger partial charge in [0.15, 0.2) is 0 Å². The van der Waals surface area contributed by atoms with Crippen LogP contribution >= 0.6 is 0 Å². The van der Waals surface area contributed by atoms with Gasteiger partial charge in [-0.2, -0.15) is 0 Å². The molecule has 0 aliphatic rings. The van der Waals surface area contributed by atoms with Crippen LogP contribution in [0, 0.1) is 29.4 Å². The predicted octanol–water partition coefficient (Wildman–Crippen LogP) is 1.43. The topological polar surface area (TPSA) is 83.7 Å². The van der Waals surface area contributed by atoms with Gasteiger partial charge in [0, 0.05) is 6.07 Å². The van der Waals surface area contributed by atoms with Crippen LogP contribution in [-0.2, 0) is 4.79 Å². The molecule has 6 nitrogen and oxygen atoms in total. The third kappa shape index (κ3) is 2.98. The zero-order chi connectivity index (χ0) is 13.7. The summed E-state index contributed by atoms with van der Waals surface area (Å²) in [6.45, 7) is 1.29. The van der Waals surface area contributed by atoms with Crippen molar-refractivity contribution < 1.29 is 14.8 Å². The van der Waals surface area contributed by atoms with Crippen LogP contribution in [0.1, 0.15) is 5.56 Å². The summed E-state index contributed by atoms with van der Waals surface area (Å²) in [5.74, 6) is 1.21. The maximum atomic E-state index is 10.9. The van der Waals surface area contributed by atoms with E-state index in [1.807, 2.05) is 0 Å². The van der Waals surface area contributed by atoms with Crippen molar-refractivity contribution in [3.63, 3.8) is 0 Å². The Kier molecular flexibility index (Phi) is 4.27. The third-order valence-electron chi connectivity index (χ3n) is 2.34. The molecule has 1 N–H and O–H groups in total. The van der Waals surface area contributed by atoms with E-state index in [4.69, 9.17) is 11.5 Å². The summed E-state index contributed by atoms with van der Waals surface area (Å²) in [5, 5.41) is 19.8. The number of hydrogen-bond donors (Lipinski definition) is 1. The Balaban J connectivity index is 3.30. The minimum atomic E-state index is -1.09. The van der Waals surface area contributed by atoms with Gasteiger partial charge in [-0.25, -0.2) is 0 Å². The molecule has 0 saturated heterocycles. The molecule has 6 heteroatoms. The molecule has 1 rings (SSSR count). The highest BCUT2D eigenvalue weighted by molar-refractivity contribution is 5.78. The van der Waals surface area contributed by atoms with Crippen LogP contribution in [0.3, 0.4) is 0 Å². The van der Waals surface area contributed by atoms with Crippen LogP contribution in [0.25, 0.3) is 0 Å². The minimum Gasteiger partial charge on any atom is -0.480 e. The van der Waals surface area contributed by atoms with E-state index in [0.717, 1.165) is 0 Å². The molecule has 0 heterocycles. The molecule has 0 fully saturated rings. The summed E-state index contributed by atoms with van der Waals surface area (Å²) in [7, 11) is 0. The highest BCUT2D eigenvalue weighted by atomic mass is 16.6. The number of terminal acetylenes is 1. The van der Waals surface area contributed by atoms with Crippen LogP contribution in [-0.4, -0.2) is 29.1 Å². The van der Waals surface area contributed by atoms with E-state index in [1.165, 1.54) is 11.0 Å². The minimum absolute atomic E-state index is 0.00199. The number of carboxylic acid groups (broad SMARTS) is 1. The molecule has 0 aliphatic carbocycles. The summed E-state index contributed by atoms with van der Waals surface area (Å²) >= 11 is 0. The lowest BCUT2D eigenvalue weighted by Gasteiger charge is -2.21. The Bertz CT molecular complexity index is 519. The van der Waals surface area contributed by atoms with Crippen molar-refractivity contribution in [3.05, 3.63) is 33.9 Å². The highest BCUT2D eigenvalue weighted by Crippen LogP contribution is 2.31. The molecule has 0 amide bonds. The molecule has 0 aromatic heterocycles. The molecular weight excluding hydrogens is 236 g/mol. The smallest absolute Gasteiger partial charge is 0.323 e. The quantitative estimate of drug-likeness (QED) is 0.484. The Labute approximate surface area is 104 Å². The van der Waals surface area contributed by atoms with Crippen LogP contribution in [0.4, 0.5) is 11.4 Å². The van der Waals surface area contributed by atoms with Crippen LogP contribution in [0.5, 0.6) is 0 Å². The Hall–Kier alpha value is -2.55. The average molecular weight is 248 g/mol. The lowest BCUT2D eigenvalue weighted by Crippen LogP contribution is -2.31. The SMILES string of the molecule is C#CCN(CC(=O)O)c1c(C)cccc1[N+](=O)[O-]. The van der Waals surface area contributed by atoms with Crippen LogP contribution in [0.15, 0.2) is 18.2 Å². The molecule has 0 atom stereocenters. The van der Waals surface area contributed by atoms with Crippen molar-refractivity contribution in [2.75, 3.05) is 18.0 Å². The van der Waals surface area contributed by atoms with Gasteiger partial charge in [0.2, 0.25) is 0 Å². The molecule has 0 spiro atoms. The molecule has 0 radical (unpaired) electrons. The van der Waals surface area contributed by atoms with Gasteiger partial charge in [-0.05, 0) is 12.5 Å². The summed E-state index contributed by atoms with van der Waals surface area (Å²) < 4.78 is 0. The molecule has 1 aromatic rings. The average Bonchev–Trinajstić information content (AvgIpc) is 2.27. The van der Waals surface area contributed by atoms with Gasteiger partial charge < -0.3 is 10.0 Å². The highest BCUT2D eigenvalue weighted by Gasteiger charge is 2.22. The second-order valence-electron chi connectivity index (χ2n) is 3.65. The molecule has 0 saturated carbocycles. The summed E-state index contributed by atoms with van der Waals surface area (Å²) in [6, 6.07) is 4.55. The number of benzene rings is 1.